The number of nitrogens with two attached hydrogens (primary N) is 1. The Morgan fingerprint density at radius 2 is 1.97 bits per heavy atom. The summed E-state index contributed by atoms with van der Waals surface area (Å²) in [5, 5.41) is 4.56. The average Bonchev–Trinajstić information content (AvgIpc) is 3.21. The molecule has 0 spiro atoms. The maximum Gasteiger partial charge on any atom is 0.324 e. The van der Waals surface area contributed by atoms with E-state index in [0.29, 0.717) is 28.2 Å². The fraction of sp³-hybridized carbons (Fsp3) is 0.500. The lowest BCUT2D eigenvalue weighted by atomic mass is 9.92. The van der Waals surface area contributed by atoms with E-state index in [9.17, 15) is 14.4 Å². The van der Waals surface area contributed by atoms with Gasteiger partial charge in [0.05, 0.1) is 12.8 Å². The number of nitrogens with one attached hydrogen (secondary N) is 1. The molecule has 0 saturated carbocycles. The zero-order valence-corrected chi connectivity index (χ0v) is 21.4. The molecule has 2 rings (SSSR count). The van der Waals surface area contributed by atoms with Crippen LogP contribution in [0.25, 0.3) is 0 Å². The number of nitrogens with zero attached hydrogens (tertiary/aromatic N) is 2. The van der Waals surface area contributed by atoms with Crippen molar-refractivity contribution < 1.29 is 23.9 Å². The van der Waals surface area contributed by atoms with E-state index >= 15 is 0 Å². The van der Waals surface area contributed by atoms with Gasteiger partial charge in [-0.1, -0.05) is 41.0 Å². The minimum atomic E-state index is -0.707. The van der Waals surface area contributed by atoms with Crippen LogP contribution in [0.2, 0.25) is 0 Å². The van der Waals surface area contributed by atoms with Crippen LogP contribution in [0.1, 0.15) is 57.8 Å². The van der Waals surface area contributed by atoms with Crippen molar-refractivity contribution in [2.24, 2.45) is 22.1 Å². The van der Waals surface area contributed by atoms with Crippen LogP contribution < -0.4 is 20.6 Å². The van der Waals surface area contributed by atoms with Gasteiger partial charge in [0.2, 0.25) is 5.91 Å². The second-order valence-corrected chi connectivity index (χ2v) is 10.1. The Balaban J connectivity index is 2.15. The molecule has 0 radical (unpaired) electrons. The molecule has 0 unspecified atom stereocenters. The minimum absolute atomic E-state index is 0.00177. The molecule has 0 aliphatic heterocycles. The van der Waals surface area contributed by atoms with Crippen LogP contribution in [0.4, 0.5) is 5.69 Å². The third-order valence-electron chi connectivity index (χ3n) is 5.15. The number of amides is 2. The Hall–Kier alpha value is -2.98. The van der Waals surface area contributed by atoms with Gasteiger partial charge in [0.1, 0.15) is 11.8 Å². The number of carbonyl (C=O) groups excluding carboxylic acids is 3. The summed E-state index contributed by atoms with van der Waals surface area (Å²) in [5.74, 6) is -0.780. The van der Waals surface area contributed by atoms with Crippen LogP contribution in [0, 0.1) is 11.3 Å². The predicted molar refractivity (Wildman–Crippen MR) is 131 cm³/mol. The number of carbonyl (C=O) groups is 3. The molecular formula is C24H34N4O5S. The van der Waals surface area contributed by atoms with Gasteiger partial charge in [-0.25, -0.2) is 0 Å². The van der Waals surface area contributed by atoms with Crippen LogP contribution >= 0.6 is 11.3 Å². The third-order valence-corrected chi connectivity index (χ3v) is 5.94. The largest absolute Gasteiger partial charge is 0.495 e. The van der Waals surface area contributed by atoms with Crippen LogP contribution in [-0.2, 0) is 21.1 Å². The van der Waals surface area contributed by atoms with Crippen LogP contribution in [0.15, 0.2) is 34.8 Å². The zero-order chi connectivity index (χ0) is 25.5. The topological polar surface area (TPSA) is 125 Å². The van der Waals surface area contributed by atoms with Gasteiger partial charge < -0.3 is 20.5 Å². The number of thiazole rings is 1. The molecule has 3 N–H and O–H groups in total. The first-order valence-electron chi connectivity index (χ1n) is 11.1. The molecule has 1 aromatic heterocycles. The van der Waals surface area contributed by atoms with E-state index in [1.54, 1.807) is 28.3 Å². The van der Waals surface area contributed by atoms with Crippen molar-refractivity contribution in [3.05, 3.63) is 40.1 Å². The lowest BCUT2D eigenvalue weighted by Gasteiger charge is -2.18. The number of benzene rings is 1. The first kappa shape index (κ1) is 27.3. The van der Waals surface area contributed by atoms with Gasteiger partial charge in [-0.15, -0.1) is 11.3 Å². The third kappa shape index (κ3) is 7.81. The second kappa shape index (κ2) is 11.9. The smallest absolute Gasteiger partial charge is 0.324 e. The number of anilines is 1. The highest BCUT2D eigenvalue weighted by atomic mass is 32.1. The van der Waals surface area contributed by atoms with Gasteiger partial charge >= 0.3 is 5.97 Å². The van der Waals surface area contributed by atoms with Gasteiger partial charge in [0.15, 0.2) is 11.5 Å². The summed E-state index contributed by atoms with van der Waals surface area (Å²) in [6, 6.07) is 4.01. The minimum Gasteiger partial charge on any atom is -0.495 e. The van der Waals surface area contributed by atoms with E-state index in [-0.39, 0.29) is 24.0 Å². The summed E-state index contributed by atoms with van der Waals surface area (Å²) in [4.78, 5) is 41.7. The van der Waals surface area contributed by atoms with E-state index in [1.165, 1.54) is 24.5 Å². The van der Waals surface area contributed by atoms with Crippen LogP contribution in [0.5, 0.6) is 5.75 Å². The molecule has 0 fully saturated rings. The highest BCUT2D eigenvalue weighted by Gasteiger charge is 2.21. The van der Waals surface area contributed by atoms with Crippen molar-refractivity contribution in [3.63, 3.8) is 0 Å². The molecule has 2 aromatic rings. The quantitative estimate of drug-likeness (QED) is 0.518. The maximum atomic E-state index is 12.8. The van der Waals surface area contributed by atoms with Crippen molar-refractivity contribution in [1.29, 1.82) is 0 Å². The van der Waals surface area contributed by atoms with E-state index in [0.717, 1.165) is 6.42 Å². The van der Waals surface area contributed by atoms with E-state index < -0.39 is 17.9 Å². The summed E-state index contributed by atoms with van der Waals surface area (Å²) in [6.07, 6.45) is 2.78. The molecule has 1 heterocycles. The fourth-order valence-corrected chi connectivity index (χ4v) is 3.67. The van der Waals surface area contributed by atoms with E-state index in [4.69, 9.17) is 15.2 Å². The highest BCUT2D eigenvalue weighted by molar-refractivity contribution is 7.07. The van der Waals surface area contributed by atoms with Gasteiger partial charge in [0.25, 0.3) is 5.91 Å². The molecule has 34 heavy (non-hydrogen) atoms. The first-order chi connectivity index (χ1) is 15.9. The molecule has 2 amide bonds. The molecule has 0 saturated heterocycles. The Kier molecular flexibility index (Phi) is 9.57. The van der Waals surface area contributed by atoms with Gasteiger partial charge in [-0.3, -0.25) is 19.0 Å². The van der Waals surface area contributed by atoms with Crippen molar-refractivity contribution in [3.8, 4) is 5.75 Å². The van der Waals surface area contributed by atoms with Crippen LogP contribution in [0.3, 0.4) is 0 Å². The molecule has 0 bridgehead atoms. The van der Waals surface area contributed by atoms with Crippen molar-refractivity contribution >= 4 is 34.8 Å². The number of methoxy groups -OCH3 is 1. The summed E-state index contributed by atoms with van der Waals surface area (Å²) in [6.45, 7) is 9.68. The Labute approximate surface area is 204 Å². The number of hydrogen-bond donors (Lipinski definition) is 2. The normalized spacial score (nSPS) is 13.8. The number of aromatic nitrogens is 1. The monoisotopic (exact) mass is 490 g/mol. The molecule has 9 nitrogen and oxygen atoms in total. The Morgan fingerprint density at radius 3 is 2.59 bits per heavy atom. The molecule has 1 aromatic carbocycles. The predicted octanol–water partition coefficient (Wildman–Crippen LogP) is 3.55. The summed E-state index contributed by atoms with van der Waals surface area (Å²) in [5.41, 5.74) is 6.52. The highest BCUT2D eigenvalue weighted by Crippen LogP contribution is 2.27. The number of ether oxygens (including phenoxy) is 2. The standard InChI is InChI=1S/C24H34N4O5S/c1-7-15(2)20(25)22(31)33-14-28-10-11-34-23(28)27-21(30)16-8-9-17(18(12-16)32-6)26-19(29)13-24(3,4)5/h8-12,15,20H,7,13-14,25H2,1-6H3,(H,26,29)/t15-,20-/m0/s1. The van der Waals surface area contributed by atoms with Crippen LogP contribution in [-0.4, -0.2) is 35.5 Å². The van der Waals surface area contributed by atoms with Crippen molar-refractivity contribution in [1.82, 2.24) is 4.57 Å². The average molecular weight is 491 g/mol. The first-order valence-corrected chi connectivity index (χ1v) is 12.0. The number of esters is 1. The van der Waals surface area contributed by atoms with E-state index in [1.807, 2.05) is 34.6 Å². The Bertz CT molecular complexity index is 1080. The molecule has 0 aliphatic carbocycles. The van der Waals surface area contributed by atoms with E-state index in [2.05, 4.69) is 10.3 Å². The summed E-state index contributed by atoms with van der Waals surface area (Å²) >= 11 is 1.23. The molecule has 10 heteroatoms. The molecular weight excluding hydrogens is 456 g/mol. The van der Waals surface area contributed by atoms with Gasteiger partial charge in [0, 0.05) is 23.6 Å². The SMILES string of the molecule is CC[C@H](C)[C@H](N)C(=O)OCn1ccsc1=NC(=O)c1ccc(NC(=O)CC(C)(C)C)c(OC)c1. The molecule has 186 valence electrons. The maximum absolute atomic E-state index is 12.8. The van der Waals surface area contributed by atoms with Crippen molar-refractivity contribution in [2.45, 2.75) is 60.2 Å². The van der Waals surface area contributed by atoms with Gasteiger partial charge in [-0.2, -0.15) is 4.99 Å². The van der Waals surface area contributed by atoms with Crippen molar-refractivity contribution in [2.75, 3.05) is 12.4 Å². The second-order valence-electron chi connectivity index (χ2n) is 9.28. The zero-order valence-electron chi connectivity index (χ0n) is 20.6. The molecule has 0 aliphatic rings. The Morgan fingerprint density at radius 1 is 1.26 bits per heavy atom. The number of rotatable bonds is 9. The lowest BCUT2D eigenvalue weighted by molar-refractivity contribution is -0.150. The molecule has 2 atom stereocenters. The number of hydrogen-bond acceptors (Lipinski definition) is 7. The lowest BCUT2D eigenvalue weighted by Crippen LogP contribution is -2.38. The summed E-state index contributed by atoms with van der Waals surface area (Å²) in [7, 11) is 1.46. The van der Waals surface area contributed by atoms with Gasteiger partial charge in [-0.05, 0) is 29.5 Å². The summed E-state index contributed by atoms with van der Waals surface area (Å²) < 4.78 is 12.2. The fourth-order valence-electron chi connectivity index (χ4n) is 2.96.